The lowest BCUT2D eigenvalue weighted by atomic mass is 10.2. The van der Waals surface area contributed by atoms with Crippen molar-refractivity contribution in [3.8, 4) is 0 Å². The molecule has 0 aliphatic heterocycles. The van der Waals surface area contributed by atoms with E-state index in [1.54, 1.807) is 10.9 Å². The molecule has 0 saturated carbocycles. The van der Waals surface area contributed by atoms with E-state index in [1.807, 2.05) is 31.2 Å². The number of aliphatic hydroxyl groups is 1. The van der Waals surface area contributed by atoms with E-state index in [9.17, 15) is 4.79 Å². The third-order valence-corrected chi connectivity index (χ3v) is 2.53. The number of nitrogens with one attached hydrogen (secondary N) is 2. The first kappa shape index (κ1) is 13.1. The van der Waals surface area contributed by atoms with Gasteiger partial charge in [0.2, 0.25) is 0 Å². The number of urea groups is 1. The van der Waals surface area contributed by atoms with Gasteiger partial charge in [0, 0.05) is 11.9 Å². The summed E-state index contributed by atoms with van der Waals surface area (Å²) in [6, 6.07) is 7.20. The Bertz CT molecular complexity index is 548. The lowest BCUT2D eigenvalue weighted by Gasteiger charge is -2.05. The van der Waals surface area contributed by atoms with Gasteiger partial charge in [-0.05, 0) is 19.1 Å². The average Bonchev–Trinajstić information content (AvgIpc) is 2.80. The summed E-state index contributed by atoms with van der Waals surface area (Å²) in [7, 11) is 0. The van der Waals surface area contributed by atoms with E-state index < -0.39 is 0 Å². The Balaban J connectivity index is 1.91. The minimum atomic E-state index is -0.326. The predicted molar refractivity (Wildman–Crippen MR) is 73.1 cm³/mol. The van der Waals surface area contributed by atoms with Crippen LogP contribution in [0.1, 0.15) is 5.56 Å². The summed E-state index contributed by atoms with van der Waals surface area (Å²) in [5.74, 6) is 0. The number of carbonyl (C=O) groups excluding carboxylic acids is 1. The van der Waals surface area contributed by atoms with Crippen LogP contribution >= 0.6 is 0 Å². The van der Waals surface area contributed by atoms with Gasteiger partial charge >= 0.3 is 6.03 Å². The summed E-state index contributed by atoms with van der Waals surface area (Å²) >= 11 is 0. The zero-order chi connectivity index (χ0) is 13.7. The first-order chi connectivity index (χ1) is 9.17. The van der Waals surface area contributed by atoms with Crippen LogP contribution in [0.4, 0.5) is 16.2 Å². The summed E-state index contributed by atoms with van der Waals surface area (Å²) in [6.07, 6.45) is 3.19. The Hall–Kier alpha value is -2.34. The third kappa shape index (κ3) is 3.82. The molecule has 100 valence electrons. The van der Waals surface area contributed by atoms with Gasteiger partial charge in [0.15, 0.2) is 0 Å². The fourth-order valence-corrected chi connectivity index (χ4v) is 1.58. The molecule has 0 spiro atoms. The summed E-state index contributed by atoms with van der Waals surface area (Å²) in [5.41, 5.74) is 2.44. The van der Waals surface area contributed by atoms with E-state index in [1.165, 1.54) is 6.20 Å². The number of anilines is 2. The number of amides is 2. The Morgan fingerprint density at radius 1 is 1.26 bits per heavy atom. The predicted octanol–water partition coefficient (Wildman–Crippen LogP) is 1.83. The number of aromatic nitrogens is 2. The van der Waals surface area contributed by atoms with Crippen molar-refractivity contribution < 1.29 is 9.90 Å². The van der Waals surface area contributed by atoms with Crippen molar-refractivity contribution in [2.24, 2.45) is 0 Å². The van der Waals surface area contributed by atoms with E-state index in [-0.39, 0.29) is 12.6 Å². The first-order valence-electron chi connectivity index (χ1n) is 5.95. The van der Waals surface area contributed by atoms with E-state index in [4.69, 9.17) is 5.11 Å². The van der Waals surface area contributed by atoms with Crippen LogP contribution in [0.5, 0.6) is 0 Å². The van der Waals surface area contributed by atoms with Gasteiger partial charge in [-0.3, -0.25) is 4.68 Å². The van der Waals surface area contributed by atoms with Gasteiger partial charge < -0.3 is 15.7 Å². The lowest BCUT2D eigenvalue weighted by Crippen LogP contribution is -2.19. The monoisotopic (exact) mass is 260 g/mol. The minimum absolute atomic E-state index is 0.0106. The van der Waals surface area contributed by atoms with Gasteiger partial charge in [0.05, 0.1) is 25.0 Å². The molecule has 1 aromatic heterocycles. The summed E-state index contributed by atoms with van der Waals surface area (Å²) in [6.45, 7) is 2.40. The largest absolute Gasteiger partial charge is 0.394 e. The molecule has 2 amide bonds. The molecule has 6 nitrogen and oxygen atoms in total. The number of hydrogen-bond acceptors (Lipinski definition) is 3. The molecular weight excluding hydrogens is 244 g/mol. The maximum atomic E-state index is 11.7. The molecule has 1 aromatic carbocycles. The molecular formula is C13H16N4O2. The van der Waals surface area contributed by atoms with Gasteiger partial charge in [-0.15, -0.1) is 0 Å². The molecule has 0 unspecified atom stereocenters. The molecule has 0 saturated heterocycles. The second-order valence-electron chi connectivity index (χ2n) is 4.16. The van der Waals surface area contributed by atoms with Crippen LogP contribution in [0.3, 0.4) is 0 Å². The first-order valence-corrected chi connectivity index (χ1v) is 5.95. The minimum Gasteiger partial charge on any atom is -0.394 e. The van der Waals surface area contributed by atoms with Crippen molar-refractivity contribution in [1.29, 1.82) is 0 Å². The van der Waals surface area contributed by atoms with E-state index in [0.29, 0.717) is 12.2 Å². The van der Waals surface area contributed by atoms with E-state index >= 15 is 0 Å². The Labute approximate surface area is 111 Å². The van der Waals surface area contributed by atoms with Crippen LogP contribution in [0.25, 0.3) is 0 Å². The summed E-state index contributed by atoms with van der Waals surface area (Å²) in [4.78, 5) is 11.7. The van der Waals surface area contributed by atoms with Crippen molar-refractivity contribution in [3.63, 3.8) is 0 Å². The van der Waals surface area contributed by atoms with E-state index in [2.05, 4.69) is 15.7 Å². The molecule has 0 atom stereocenters. The molecule has 2 aromatic rings. The number of benzene rings is 1. The van der Waals surface area contributed by atoms with Gasteiger partial charge in [-0.25, -0.2) is 4.79 Å². The van der Waals surface area contributed by atoms with Crippen molar-refractivity contribution in [3.05, 3.63) is 42.2 Å². The standard InChI is InChI=1S/C13H16N4O2/c1-10-2-4-11(5-3-10)15-13(19)16-12-8-14-17(9-12)6-7-18/h2-5,8-9,18H,6-7H2,1H3,(H2,15,16,19). The molecule has 6 heteroatoms. The summed E-state index contributed by atoms with van der Waals surface area (Å²) < 4.78 is 1.56. The maximum Gasteiger partial charge on any atom is 0.323 e. The third-order valence-electron chi connectivity index (χ3n) is 2.53. The van der Waals surface area contributed by atoms with Gasteiger partial charge in [0.1, 0.15) is 0 Å². The number of rotatable bonds is 4. The molecule has 3 N–H and O–H groups in total. The van der Waals surface area contributed by atoms with Crippen molar-refractivity contribution >= 4 is 17.4 Å². The molecule has 0 radical (unpaired) electrons. The van der Waals surface area contributed by atoms with Crippen molar-refractivity contribution in [2.75, 3.05) is 17.2 Å². The second-order valence-corrected chi connectivity index (χ2v) is 4.16. The zero-order valence-electron chi connectivity index (χ0n) is 10.6. The molecule has 1 heterocycles. The van der Waals surface area contributed by atoms with Gasteiger partial charge in [-0.2, -0.15) is 5.10 Å². The highest BCUT2D eigenvalue weighted by atomic mass is 16.3. The number of hydrogen-bond donors (Lipinski definition) is 3. The quantitative estimate of drug-likeness (QED) is 0.784. The number of aryl methyl sites for hydroxylation is 1. The Kier molecular flexibility index (Phi) is 4.15. The number of carbonyl (C=O) groups is 1. The van der Waals surface area contributed by atoms with Crippen LogP contribution in [0.15, 0.2) is 36.7 Å². The van der Waals surface area contributed by atoms with E-state index in [0.717, 1.165) is 11.3 Å². The van der Waals surface area contributed by atoms with Crippen LogP contribution in [-0.4, -0.2) is 27.5 Å². The average molecular weight is 260 g/mol. The normalized spacial score (nSPS) is 10.2. The summed E-state index contributed by atoms with van der Waals surface area (Å²) in [5, 5.41) is 18.2. The SMILES string of the molecule is Cc1ccc(NC(=O)Nc2cnn(CCO)c2)cc1. The highest BCUT2D eigenvalue weighted by Gasteiger charge is 2.04. The van der Waals surface area contributed by atoms with Gasteiger partial charge in [-0.1, -0.05) is 17.7 Å². The fourth-order valence-electron chi connectivity index (χ4n) is 1.58. The molecule has 0 bridgehead atoms. The fraction of sp³-hybridized carbons (Fsp3) is 0.231. The van der Waals surface area contributed by atoms with Crippen LogP contribution in [-0.2, 0) is 6.54 Å². The van der Waals surface area contributed by atoms with Crippen molar-refractivity contribution in [2.45, 2.75) is 13.5 Å². The molecule has 0 aliphatic carbocycles. The van der Waals surface area contributed by atoms with Crippen LogP contribution in [0.2, 0.25) is 0 Å². The number of nitrogens with zero attached hydrogens (tertiary/aromatic N) is 2. The molecule has 19 heavy (non-hydrogen) atoms. The smallest absolute Gasteiger partial charge is 0.323 e. The van der Waals surface area contributed by atoms with Crippen LogP contribution in [0, 0.1) is 6.92 Å². The van der Waals surface area contributed by atoms with Gasteiger partial charge in [0.25, 0.3) is 0 Å². The zero-order valence-corrected chi connectivity index (χ0v) is 10.6. The Morgan fingerprint density at radius 2 is 1.95 bits per heavy atom. The molecule has 0 aliphatic rings. The molecule has 0 fully saturated rings. The number of aliphatic hydroxyl groups excluding tert-OH is 1. The Morgan fingerprint density at radius 3 is 2.63 bits per heavy atom. The maximum absolute atomic E-state index is 11.7. The van der Waals surface area contributed by atoms with Crippen molar-refractivity contribution in [1.82, 2.24) is 9.78 Å². The highest BCUT2D eigenvalue weighted by molar-refractivity contribution is 5.99. The van der Waals surface area contributed by atoms with Crippen LogP contribution < -0.4 is 10.6 Å². The molecule has 2 rings (SSSR count). The topological polar surface area (TPSA) is 79.2 Å². The lowest BCUT2D eigenvalue weighted by molar-refractivity contribution is 0.262. The highest BCUT2D eigenvalue weighted by Crippen LogP contribution is 2.10. The second kappa shape index (κ2) is 6.01.